The molecule has 0 saturated carbocycles. The van der Waals surface area contributed by atoms with Crippen molar-refractivity contribution in [2.24, 2.45) is 0 Å². The SMILES string of the molecule is Cc1cc2nnc(SC(C)C(=O)Nc3ccc4[nH]c(=O)[nH]c4c3)n2c(C)n1. The van der Waals surface area contributed by atoms with Gasteiger partial charge in [0, 0.05) is 17.4 Å². The molecule has 0 saturated heterocycles. The molecule has 3 heterocycles. The lowest BCUT2D eigenvalue weighted by molar-refractivity contribution is -0.115. The van der Waals surface area contributed by atoms with Crippen LogP contribution in [0.2, 0.25) is 0 Å². The molecule has 1 unspecified atom stereocenters. The molecule has 10 heteroatoms. The number of amides is 1. The van der Waals surface area contributed by atoms with Crippen molar-refractivity contribution in [2.75, 3.05) is 5.32 Å². The van der Waals surface area contributed by atoms with E-state index in [1.54, 1.807) is 25.1 Å². The van der Waals surface area contributed by atoms with E-state index in [0.29, 0.717) is 27.5 Å². The van der Waals surface area contributed by atoms with Crippen molar-refractivity contribution >= 4 is 40.0 Å². The van der Waals surface area contributed by atoms with Crippen LogP contribution in [0.5, 0.6) is 0 Å². The number of nitrogens with one attached hydrogen (secondary N) is 3. The minimum Gasteiger partial charge on any atom is -0.325 e. The fourth-order valence-corrected chi connectivity index (χ4v) is 3.75. The summed E-state index contributed by atoms with van der Waals surface area (Å²) in [6.07, 6.45) is 0. The van der Waals surface area contributed by atoms with Crippen LogP contribution < -0.4 is 11.0 Å². The fourth-order valence-electron chi connectivity index (χ4n) is 2.85. The number of fused-ring (bicyclic) bond motifs is 2. The van der Waals surface area contributed by atoms with E-state index in [0.717, 1.165) is 11.5 Å². The molecule has 1 aromatic carbocycles. The summed E-state index contributed by atoms with van der Waals surface area (Å²) < 4.78 is 1.83. The normalized spacial score (nSPS) is 12.6. The van der Waals surface area contributed by atoms with E-state index in [-0.39, 0.29) is 11.6 Å². The molecule has 138 valence electrons. The predicted octanol–water partition coefficient (Wildman–Crippen LogP) is 2.03. The number of rotatable bonds is 4. The number of aryl methyl sites for hydroxylation is 2. The lowest BCUT2D eigenvalue weighted by Crippen LogP contribution is -2.22. The average molecular weight is 383 g/mol. The van der Waals surface area contributed by atoms with Crippen molar-refractivity contribution in [1.82, 2.24) is 29.5 Å². The van der Waals surface area contributed by atoms with Gasteiger partial charge in [0.25, 0.3) is 0 Å². The van der Waals surface area contributed by atoms with Gasteiger partial charge in [-0.15, -0.1) is 10.2 Å². The third-order valence-electron chi connectivity index (χ3n) is 4.09. The Balaban J connectivity index is 1.53. The third-order valence-corrected chi connectivity index (χ3v) is 5.14. The highest BCUT2D eigenvalue weighted by Crippen LogP contribution is 2.24. The van der Waals surface area contributed by atoms with Crippen LogP contribution in [0.1, 0.15) is 18.4 Å². The molecule has 0 bridgehead atoms. The number of hydrogen-bond donors (Lipinski definition) is 3. The van der Waals surface area contributed by atoms with Crippen molar-refractivity contribution in [3.63, 3.8) is 0 Å². The number of hydrogen-bond acceptors (Lipinski definition) is 6. The molecule has 4 rings (SSSR count). The summed E-state index contributed by atoms with van der Waals surface area (Å²) in [6, 6.07) is 7.04. The van der Waals surface area contributed by atoms with Crippen LogP contribution in [0, 0.1) is 13.8 Å². The maximum absolute atomic E-state index is 12.6. The highest BCUT2D eigenvalue weighted by molar-refractivity contribution is 8.00. The molecule has 0 aliphatic heterocycles. The van der Waals surface area contributed by atoms with Crippen LogP contribution >= 0.6 is 11.8 Å². The number of nitrogens with zero attached hydrogens (tertiary/aromatic N) is 4. The van der Waals surface area contributed by atoms with Crippen LogP contribution in [0.4, 0.5) is 5.69 Å². The molecular formula is C17H17N7O2S. The number of H-pyrrole nitrogens is 2. The molecule has 0 radical (unpaired) electrons. The molecule has 27 heavy (non-hydrogen) atoms. The Kier molecular flexibility index (Phi) is 4.19. The summed E-state index contributed by atoms with van der Waals surface area (Å²) in [5.74, 6) is 0.596. The quantitative estimate of drug-likeness (QED) is 0.464. The molecule has 0 fully saturated rings. The van der Waals surface area contributed by atoms with Crippen LogP contribution in [-0.4, -0.2) is 40.7 Å². The van der Waals surface area contributed by atoms with E-state index in [4.69, 9.17) is 0 Å². The monoisotopic (exact) mass is 383 g/mol. The highest BCUT2D eigenvalue weighted by atomic mass is 32.2. The summed E-state index contributed by atoms with van der Waals surface area (Å²) in [7, 11) is 0. The van der Waals surface area contributed by atoms with Crippen molar-refractivity contribution in [3.05, 3.63) is 46.3 Å². The Morgan fingerprint density at radius 1 is 1.19 bits per heavy atom. The smallest absolute Gasteiger partial charge is 0.323 e. The van der Waals surface area contributed by atoms with Gasteiger partial charge in [0.05, 0.1) is 16.3 Å². The van der Waals surface area contributed by atoms with Gasteiger partial charge in [0.15, 0.2) is 10.8 Å². The first kappa shape index (κ1) is 17.3. The predicted molar refractivity (Wildman–Crippen MR) is 103 cm³/mol. The maximum Gasteiger partial charge on any atom is 0.323 e. The molecule has 9 nitrogen and oxygen atoms in total. The van der Waals surface area contributed by atoms with Gasteiger partial charge in [0.2, 0.25) is 5.91 Å². The lowest BCUT2D eigenvalue weighted by atomic mass is 10.2. The zero-order valence-corrected chi connectivity index (χ0v) is 15.7. The van der Waals surface area contributed by atoms with Crippen molar-refractivity contribution in [1.29, 1.82) is 0 Å². The highest BCUT2D eigenvalue weighted by Gasteiger charge is 2.19. The van der Waals surface area contributed by atoms with E-state index < -0.39 is 5.25 Å². The third kappa shape index (κ3) is 3.31. The number of thioether (sulfide) groups is 1. The molecule has 0 aliphatic rings. The number of aromatic amines is 2. The minimum absolute atomic E-state index is 0.174. The molecule has 4 aromatic rings. The van der Waals surface area contributed by atoms with Crippen molar-refractivity contribution in [2.45, 2.75) is 31.2 Å². The van der Waals surface area contributed by atoms with Crippen LogP contribution in [0.3, 0.4) is 0 Å². The first-order chi connectivity index (χ1) is 12.9. The maximum atomic E-state index is 12.6. The number of imidazole rings is 1. The second kappa shape index (κ2) is 6.54. The van der Waals surface area contributed by atoms with Crippen LogP contribution in [0.25, 0.3) is 16.7 Å². The van der Waals surface area contributed by atoms with E-state index in [2.05, 4.69) is 30.5 Å². The number of benzene rings is 1. The Morgan fingerprint density at radius 3 is 2.78 bits per heavy atom. The fraction of sp³-hybridized carbons (Fsp3) is 0.235. The van der Waals surface area contributed by atoms with Gasteiger partial charge in [0.1, 0.15) is 5.82 Å². The minimum atomic E-state index is -0.404. The number of carbonyl (C=O) groups excluding carboxylic acids is 1. The zero-order chi connectivity index (χ0) is 19.1. The zero-order valence-electron chi connectivity index (χ0n) is 14.9. The summed E-state index contributed by atoms with van der Waals surface area (Å²) in [5.41, 5.74) is 3.22. The van der Waals surface area contributed by atoms with Gasteiger partial charge in [-0.3, -0.25) is 9.20 Å². The van der Waals surface area contributed by atoms with Gasteiger partial charge in [-0.05, 0) is 39.0 Å². The molecule has 1 amide bonds. The molecule has 3 aromatic heterocycles. The van der Waals surface area contributed by atoms with E-state index in [1.807, 2.05) is 24.3 Å². The summed E-state index contributed by atoms with van der Waals surface area (Å²) >= 11 is 1.31. The first-order valence-corrected chi connectivity index (χ1v) is 9.17. The first-order valence-electron chi connectivity index (χ1n) is 8.29. The second-order valence-corrected chi connectivity index (χ2v) is 7.52. The molecular weight excluding hydrogens is 366 g/mol. The Bertz CT molecular complexity index is 1220. The van der Waals surface area contributed by atoms with E-state index in [9.17, 15) is 9.59 Å². The summed E-state index contributed by atoms with van der Waals surface area (Å²) in [6.45, 7) is 5.58. The summed E-state index contributed by atoms with van der Waals surface area (Å²) in [4.78, 5) is 33.7. The number of aromatic nitrogens is 6. The van der Waals surface area contributed by atoms with Gasteiger partial charge >= 0.3 is 5.69 Å². The van der Waals surface area contributed by atoms with Gasteiger partial charge < -0.3 is 15.3 Å². The topological polar surface area (TPSA) is 121 Å². The lowest BCUT2D eigenvalue weighted by Gasteiger charge is -2.11. The van der Waals surface area contributed by atoms with Crippen molar-refractivity contribution in [3.8, 4) is 0 Å². The van der Waals surface area contributed by atoms with Crippen molar-refractivity contribution < 1.29 is 4.79 Å². The Morgan fingerprint density at radius 2 is 1.96 bits per heavy atom. The van der Waals surface area contributed by atoms with Crippen LogP contribution in [-0.2, 0) is 4.79 Å². The molecule has 3 N–H and O–H groups in total. The van der Waals surface area contributed by atoms with E-state index >= 15 is 0 Å². The average Bonchev–Trinajstić information content (AvgIpc) is 3.16. The van der Waals surface area contributed by atoms with E-state index in [1.165, 1.54) is 11.8 Å². The Hall–Kier alpha value is -3.14. The molecule has 0 spiro atoms. The van der Waals surface area contributed by atoms with Gasteiger partial charge in [-0.1, -0.05) is 11.8 Å². The largest absolute Gasteiger partial charge is 0.325 e. The Labute approximate surface area is 157 Å². The van der Waals surface area contributed by atoms with Gasteiger partial charge in [-0.2, -0.15) is 0 Å². The number of carbonyl (C=O) groups is 1. The number of anilines is 1. The standard InChI is InChI=1S/C17H17N7O2S/c1-8-6-14-22-23-17(24(14)10(3)18-8)27-9(2)15(25)19-11-4-5-12-13(7-11)21-16(26)20-12/h4-7,9H,1-3H3,(H,19,25)(H2,20,21,26). The van der Waals surface area contributed by atoms with Gasteiger partial charge in [-0.25, -0.2) is 9.78 Å². The second-order valence-electron chi connectivity index (χ2n) is 6.21. The van der Waals surface area contributed by atoms with Crippen LogP contribution in [0.15, 0.2) is 34.2 Å². The summed E-state index contributed by atoms with van der Waals surface area (Å²) in [5, 5.41) is 11.4. The molecule has 1 atom stereocenters. The molecule has 0 aliphatic carbocycles.